The molecule has 17 atom stereocenters. The van der Waals surface area contributed by atoms with Crippen molar-refractivity contribution >= 4 is 5.91 Å². The van der Waals surface area contributed by atoms with E-state index in [0.717, 1.165) is 77.0 Å². The topological polar surface area (TPSA) is 307 Å². The number of unbranched alkanes of at least 4 members (excludes halogenated alkanes) is 36. The molecule has 0 aromatic heterocycles. The molecule has 0 aromatic carbocycles. The molecule has 3 aliphatic rings. The molecule has 19 heteroatoms. The highest BCUT2D eigenvalue weighted by molar-refractivity contribution is 5.76. The molecule has 3 fully saturated rings. The van der Waals surface area contributed by atoms with Gasteiger partial charge in [-0.3, -0.25) is 4.79 Å². The molecule has 3 rings (SSSR count). The first-order valence-corrected chi connectivity index (χ1v) is 39.5. The molecule has 0 saturated carbocycles. The lowest BCUT2D eigenvalue weighted by Crippen LogP contribution is -2.66. The maximum Gasteiger partial charge on any atom is 0.220 e. The SMILES string of the molecule is CC/C=C\C/C=C\C/C=C\C/C=C\C/C=C\CCCCCCCCCCCCCCCCCCCCCCCCCC(=O)NC(COC1OC(CO)C(OC2OC(CO)C(OC3OC(CO)C(O)C(O)C3O)C(O)C2O)C(O)C1O)C(O)CCCCCCCCCCCCCCCC. The minimum absolute atomic E-state index is 0.239. The van der Waals surface area contributed by atoms with Crippen LogP contribution in [0.25, 0.3) is 0 Å². The van der Waals surface area contributed by atoms with E-state index in [0.29, 0.717) is 12.8 Å². The van der Waals surface area contributed by atoms with Crippen LogP contribution in [0.15, 0.2) is 60.8 Å². The minimum Gasteiger partial charge on any atom is -0.394 e. The summed E-state index contributed by atoms with van der Waals surface area (Å²) in [5.41, 5.74) is 0. The lowest BCUT2D eigenvalue weighted by atomic mass is 9.96. The van der Waals surface area contributed by atoms with Gasteiger partial charge in [0.15, 0.2) is 18.9 Å². The van der Waals surface area contributed by atoms with Gasteiger partial charge in [0.2, 0.25) is 5.91 Å². The second kappa shape index (κ2) is 59.8. The van der Waals surface area contributed by atoms with Crippen molar-refractivity contribution in [2.24, 2.45) is 0 Å². The summed E-state index contributed by atoms with van der Waals surface area (Å²) in [4.78, 5) is 13.5. The Hall–Kier alpha value is -2.51. The zero-order valence-electron chi connectivity index (χ0n) is 61.0. The van der Waals surface area contributed by atoms with Crippen LogP contribution in [-0.2, 0) is 33.2 Å². The van der Waals surface area contributed by atoms with Gasteiger partial charge in [0, 0.05) is 6.42 Å². The summed E-state index contributed by atoms with van der Waals surface area (Å²) < 4.78 is 34.5. The van der Waals surface area contributed by atoms with Crippen LogP contribution in [0.2, 0.25) is 0 Å². The van der Waals surface area contributed by atoms with E-state index < -0.39 is 124 Å². The number of carbonyl (C=O) groups is 1. The maximum absolute atomic E-state index is 13.5. The number of nitrogens with one attached hydrogen (secondary N) is 1. The fourth-order valence-electron chi connectivity index (χ4n) is 13.3. The largest absolute Gasteiger partial charge is 0.394 e. The number of amides is 1. The van der Waals surface area contributed by atoms with Gasteiger partial charge in [0.05, 0.1) is 38.6 Å². The Morgan fingerprint density at radius 2 is 0.704 bits per heavy atom. The standard InChI is InChI=1S/C79H143NO18/c1-3-5-7-9-11-13-15-17-19-20-21-22-23-24-25-26-27-28-29-30-31-32-33-34-35-36-37-38-39-40-41-42-43-45-47-49-51-53-55-57-67(85)80-62(63(84)56-54-52-50-48-46-44-18-16-14-12-10-8-6-4-2)61-93-77-73(91)70(88)75(65(59-82)95-77)98-79-74(92)71(89)76(66(60-83)96-79)97-78-72(90)69(87)68(86)64(58-81)94-78/h5,7,11,13,17,19,21-22,24-25,62-66,68-79,81-84,86-92H,3-4,6,8-10,12,14-16,18,20,23,26-61H2,1-2H3,(H,80,85)/b7-5-,13-11-,19-17-,22-21-,25-24-. The Bertz CT molecular complexity index is 2010. The van der Waals surface area contributed by atoms with E-state index in [1.54, 1.807) is 0 Å². The number of allylic oxidation sites excluding steroid dienone is 10. The van der Waals surface area contributed by atoms with E-state index in [1.165, 1.54) is 193 Å². The highest BCUT2D eigenvalue weighted by atomic mass is 16.8. The van der Waals surface area contributed by atoms with Gasteiger partial charge in [-0.1, -0.05) is 299 Å². The number of aliphatic hydroxyl groups is 11. The van der Waals surface area contributed by atoms with Crippen LogP contribution >= 0.6 is 0 Å². The lowest BCUT2D eigenvalue weighted by Gasteiger charge is -2.48. The monoisotopic (exact) mass is 1390 g/mol. The first-order chi connectivity index (χ1) is 47.8. The van der Waals surface area contributed by atoms with E-state index in [9.17, 15) is 61.0 Å². The first kappa shape index (κ1) is 89.7. The summed E-state index contributed by atoms with van der Waals surface area (Å²) >= 11 is 0. The molecular weight excluding hydrogens is 1250 g/mol. The molecule has 19 nitrogen and oxygen atoms in total. The molecule has 0 aliphatic carbocycles. The molecule has 12 N–H and O–H groups in total. The van der Waals surface area contributed by atoms with E-state index in [1.807, 2.05) is 0 Å². The predicted molar refractivity (Wildman–Crippen MR) is 388 cm³/mol. The van der Waals surface area contributed by atoms with Gasteiger partial charge in [0.1, 0.15) is 73.2 Å². The summed E-state index contributed by atoms with van der Waals surface area (Å²) in [5.74, 6) is -0.239. The lowest BCUT2D eigenvalue weighted by molar-refractivity contribution is -0.379. The fraction of sp³-hybridized carbons (Fsp3) is 0.861. The molecule has 0 radical (unpaired) electrons. The summed E-state index contributed by atoms with van der Waals surface area (Å²) in [7, 11) is 0. The van der Waals surface area contributed by atoms with Crippen molar-refractivity contribution in [3.8, 4) is 0 Å². The van der Waals surface area contributed by atoms with Gasteiger partial charge in [0.25, 0.3) is 0 Å². The van der Waals surface area contributed by atoms with E-state index in [4.69, 9.17) is 28.4 Å². The Balaban J connectivity index is 1.29. The summed E-state index contributed by atoms with van der Waals surface area (Å²) in [6.07, 6.45) is 49.0. The van der Waals surface area contributed by atoms with E-state index in [2.05, 4.69) is 79.9 Å². The molecule has 572 valence electrons. The van der Waals surface area contributed by atoms with E-state index >= 15 is 0 Å². The van der Waals surface area contributed by atoms with Crippen LogP contribution in [0, 0.1) is 0 Å². The quantitative estimate of drug-likeness (QED) is 0.0199. The molecule has 0 spiro atoms. The van der Waals surface area contributed by atoms with Gasteiger partial charge in [-0.05, 0) is 57.8 Å². The summed E-state index contributed by atoms with van der Waals surface area (Å²) in [5, 5.41) is 121. The van der Waals surface area contributed by atoms with Crippen molar-refractivity contribution in [2.45, 2.75) is 407 Å². The third kappa shape index (κ3) is 39.9. The minimum atomic E-state index is -1.97. The van der Waals surface area contributed by atoms with Crippen molar-refractivity contribution in [1.29, 1.82) is 0 Å². The average Bonchev–Trinajstić information content (AvgIpc) is 0.785. The van der Waals surface area contributed by atoms with Crippen LogP contribution in [0.3, 0.4) is 0 Å². The molecular formula is C79H143NO18. The predicted octanol–water partition coefficient (Wildman–Crippen LogP) is 12.7. The number of carbonyl (C=O) groups excluding carboxylic acids is 1. The van der Waals surface area contributed by atoms with Gasteiger partial charge < -0.3 is 89.9 Å². The molecule has 0 bridgehead atoms. The van der Waals surface area contributed by atoms with Crippen molar-refractivity contribution in [3.05, 3.63) is 60.8 Å². The zero-order valence-corrected chi connectivity index (χ0v) is 61.0. The fourth-order valence-corrected chi connectivity index (χ4v) is 13.3. The third-order valence-corrected chi connectivity index (χ3v) is 19.6. The number of hydrogen-bond donors (Lipinski definition) is 12. The Morgan fingerprint density at radius 3 is 1.10 bits per heavy atom. The Labute approximate surface area is 592 Å². The van der Waals surface area contributed by atoms with Gasteiger partial charge >= 0.3 is 0 Å². The Morgan fingerprint density at radius 1 is 0.378 bits per heavy atom. The molecule has 1 amide bonds. The summed E-state index contributed by atoms with van der Waals surface area (Å²) in [6.45, 7) is 1.71. The first-order valence-electron chi connectivity index (χ1n) is 39.5. The second-order valence-corrected chi connectivity index (χ2v) is 28.2. The van der Waals surface area contributed by atoms with Crippen LogP contribution in [0.5, 0.6) is 0 Å². The molecule has 0 aromatic rings. The van der Waals surface area contributed by atoms with Gasteiger partial charge in [-0.2, -0.15) is 0 Å². The van der Waals surface area contributed by atoms with Crippen molar-refractivity contribution in [3.63, 3.8) is 0 Å². The Kier molecular flexibility index (Phi) is 54.8. The van der Waals surface area contributed by atoms with Crippen molar-refractivity contribution in [1.82, 2.24) is 5.32 Å². The number of aliphatic hydroxyl groups excluding tert-OH is 11. The van der Waals surface area contributed by atoms with E-state index in [-0.39, 0.29) is 18.9 Å². The maximum atomic E-state index is 13.5. The van der Waals surface area contributed by atoms with Crippen LogP contribution in [0.1, 0.15) is 303 Å². The smallest absolute Gasteiger partial charge is 0.220 e. The normalized spacial score (nSPS) is 27.1. The number of hydrogen-bond acceptors (Lipinski definition) is 18. The van der Waals surface area contributed by atoms with Gasteiger partial charge in [-0.15, -0.1) is 0 Å². The molecule has 98 heavy (non-hydrogen) atoms. The second-order valence-electron chi connectivity index (χ2n) is 28.2. The van der Waals surface area contributed by atoms with Crippen LogP contribution in [-0.4, -0.2) is 193 Å². The van der Waals surface area contributed by atoms with Crippen molar-refractivity contribution in [2.75, 3.05) is 26.4 Å². The number of ether oxygens (including phenoxy) is 6. The zero-order chi connectivity index (χ0) is 71.1. The van der Waals surface area contributed by atoms with Crippen molar-refractivity contribution < 1.29 is 89.4 Å². The van der Waals surface area contributed by atoms with Crippen LogP contribution < -0.4 is 5.32 Å². The third-order valence-electron chi connectivity index (χ3n) is 19.6. The molecule has 17 unspecified atom stereocenters. The number of rotatable bonds is 62. The molecule has 3 heterocycles. The van der Waals surface area contributed by atoms with Gasteiger partial charge in [-0.25, -0.2) is 0 Å². The molecule has 3 saturated heterocycles. The molecule has 3 aliphatic heterocycles. The highest BCUT2D eigenvalue weighted by Crippen LogP contribution is 2.33. The average molecular weight is 1400 g/mol. The van der Waals surface area contributed by atoms with Crippen LogP contribution in [0.4, 0.5) is 0 Å². The highest BCUT2D eigenvalue weighted by Gasteiger charge is 2.54. The summed E-state index contributed by atoms with van der Waals surface area (Å²) in [6, 6.07) is -0.886.